The minimum atomic E-state index is -0.528. The molecule has 2 N–H and O–H groups in total. The maximum Gasteiger partial charge on any atom is 0.235 e. The summed E-state index contributed by atoms with van der Waals surface area (Å²) in [5.74, 6) is 0.702. The van der Waals surface area contributed by atoms with Crippen LogP contribution in [0.15, 0.2) is 0 Å². The summed E-state index contributed by atoms with van der Waals surface area (Å²) in [6, 6.07) is 0. The summed E-state index contributed by atoms with van der Waals surface area (Å²) in [5.41, 5.74) is 5.24. The van der Waals surface area contributed by atoms with E-state index < -0.39 is 5.41 Å². The van der Waals surface area contributed by atoms with E-state index in [2.05, 4.69) is 13.8 Å². The lowest BCUT2D eigenvalue weighted by atomic mass is 9.61. The van der Waals surface area contributed by atoms with Crippen molar-refractivity contribution in [3.05, 3.63) is 0 Å². The van der Waals surface area contributed by atoms with E-state index in [-0.39, 0.29) is 5.91 Å². The lowest BCUT2D eigenvalue weighted by molar-refractivity contribution is -0.143. The SMILES string of the molecule is CCCN(CC)C(=O)C1(C(N)=S)CC(C)C1. The van der Waals surface area contributed by atoms with Crippen LogP contribution in [0.3, 0.4) is 0 Å². The predicted octanol–water partition coefficient (Wildman–Crippen LogP) is 1.95. The molecule has 1 aliphatic rings. The average Bonchev–Trinajstić information content (AvgIpc) is 2.19. The summed E-state index contributed by atoms with van der Waals surface area (Å²) in [5, 5.41) is 0. The second-order valence-electron chi connectivity index (χ2n) is 4.84. The van der Waals surface area contributed by atoms with Gasteiger partial charge in [0.2, 0.25) is 5.91 Å². The zero-order valence-corrected chi connectivity index (χ0v) is 11.3. The Bertz CT molecular complexity index is 285. The summed E-state index contributed by atoms with van der Waals surface area (Å²) in [4.78, 5) is 14.7. The van der Waals surface area contributed by atoms with Crippen LogP contribution < -0.4 is 5.73 Å². The number of hydrogen-bond donors (Lipinski definition) is 1. The van der Waals surface area contributed by atoms with E-state index in [4.69, 9.17) is 18.0 Å². The van der Waals surface area contributed by atoms with E-state index in [0.717, 1.165) is 32.4 Å². The summed E-state index contributed by atoms with van der Waals surface area (Å²) < 4.78 is 0. The van der Waals surface area contributed by atoms with Crippen LogP contribution in [0.1, 0.15) is 40.0 Å². The standard InChI is InChI=1S/C12H22N2OS/c1-4-6-14(5-2)11(15)12(10(13)16)7-9(3)8-12/h9H,4-8H2,1-3H3,(H2,13,16). The van der Waals surface area contributed by atoms with Gasteiger partial charge in [0.15, 0.2) is 0 Å². The van der Waals surface area contributed by atoms with Crippen molar-refractivity contribution in [2.45, 2.75) is 40.0 Å². The van der Waals surface area contributed by atoms with Gasteiger partial charge in [-0.25, -0.2) is 0 Å². The smallest absolute Gasteiger partial charge is 0.235 e. The molecular weight excluding hydrogens is 220 g/mol. The Morgan fingerprint density at radius 3 is 2.38 bits per heavy atom. The van der Waals surface area contributed by atoms with Gasteiger partial charge in [-0.3, -0.25) is 4.79 Å². The molecule has 0 aromatic carbocycles. The molecule has 1 amide bonds. The largest absolute Gasteiger partial charge is 0.392 e. The van der Waals surface area contributed by atoms with Crippen molar-refractivity contribution in [1.82, 2.24) is 4.90 Å². The number of nitrogens with two attached hydrogens (primary N) is 1. The van der Waals surface area contributed by atoms with E-state index >= 15 is 0 Å². The molecule has 0 aliphatic heterocycles. The molecule has 0 bridgehead atoms. The number of thiocarbonyl (C=S) groups is 1. The molecule has 4 heteroatoms. The number of rotatable bonds is 5. The summed E-state index contributed by atoms with van der Waals surface area (Å²) in [6.45, 7) is 7.76. The van der Waals surface area contributed by atoms with Gasteiger partial charge in [-0.1, -0.05) is 26.1 Å². The Labute approximate surface area is 103 Å². The number of amides is 1. The number of carbonyl (C=O) groups is 1. The zero-order valence-electron chi connectivity index (χ0n) is 10.5. The number of hydrogen-bond acceptors (Lipinski definition) is 2. The Morgan fingerprint density at radius 2 is 2.06 bits per heavy atom. The van der Waals surface area contributed by atoms with Gasteiger partial charge >= 0.3 is 0 Å². The van der Waals surface area contributed by atoms with Crippen molar-refractivity contribution in [3.63, 3.8) is 0 Å². The Balaban J connectivity index is 2.80. The van der Waals surface area contributed by atoms with Crippen molar-refractivity contribution >= 4 is 23.1 Å². The molecule has 0 spiro atoms. The van der Waals surface area contributed by atoms with Crippen LogP contribution in [0.2, 0.25) is 0 Å². The van der Waals surface area contributed by atoms with Crippen molar-refractivity contribution in [1.29, 1.82) is 0 Å². The predicted molar refractivity (Wildman–Crippen MR) is 70.2 cm³/mol. The third-order valence-corrected chi connectivity index (χ3v) is 3.83. The van der Waals surface area contributed by atoms with Crippen LogP contribution in [-0.4, -0.2) is 28.9 Å². The molecule has 16 heavy (non-hydrogen) atoms. The fraction of sp³-hybridized carbons (Fsp3) is 0.833. The molecule has 0 aromatic rings. The van der Waals surface area contributed by atoms with Crippen LogP contribution in [0, 0.1) is 11.3 Å². The molecule has 1 saturated carbocycles. The molecule has 1 aliphatic carbocycles. The first-order chi connectivity index (χ1) is 7.47. The second kappa shape index (κ2) is 5.13. The Hall–Kier alpha value is -0.640. The monoisotopic (exact) mass is 242 g/mol. The first-order valence-electron chi connectivity index (χ1n) is 6.07. The van der Waals surface area contributed by atoms with Gasteiger partial charge in [0.25, 0.3) is 0 Å². The first-order valence-corrected chi connectivity index (χ1v) is 6.48. The highest BCUT2D eigenvalue weighted by Gasteiger charge is 2.52. The molecular formula is C12H22N2OS. The van der Waals surface area contributed by atoms with Gasteiger partial charge in [-0.15, -0.1) is 0 Å². The number of carbonyl (C=O) groups excluding carboxylic acids is 1. The maximum atomic E-state index is 12.4. The molecule has 0 aromatic heterocycles. The highest BCUT2D eigenvalue weighted by molar-refractivity contribution is 7.80. The molecule has 1 rings (SSSR count). The Morgan fingerprint density at radius 1 is 1.50 bits per heavy atom. The summed E-state index contributed by atoms with van der Waals surface area (Å²) in [6.07, 6.45) is 2.62. The van der Waals surface area contributed by atoms with Gasteiger partial charge in [0.05, 0.1) is 10.4 Å². The van der Waals surface area contributed by atoms with Crippen LogP contribution >= 0.6 is 12.2 Å². The molecule has 1 fully saturated rings. The van der Waals surface area contributed by atoms with Crippen molar-refractivity contribution in [3.8, 4) is 0 Å². The van der Waals surface area contributed by atoms with Crippen molar-refractivity contribution in [2.24, 2.45) is 17.1 Å². The Kier molecular flexibility index (Phi) is 4.30. The molecule has 3 nitrogen and oxygen atoms in total. The van der Waals surface area contributed by atoms with Gasteiger partial charge in [-0.05, 0) is 32.1 Å². The van der Waals surface area contributed by atoms with Crippen molar-refractivity contribution in [2.75, 3.05) is 13.1 Å². The number of nitrogens with zero attached hydrogens (tertiary/aromatic N) is 1. The highest BCUT2D eigenvalue weighted by Crippen LogP contribution is 2.47. The highest BCUT2D eigenvalue weighted by atomic mass is 32.1. The fourth-order valence-corrected chi connectivity index (χ4v) is 2.84. The molecule has 0 atom stereocenters. The lowest BCUT2D eigenvalue weighted by Crippen LogP contribution is -2.57. The van der Waals surface area contributed by atoms with E-state index in [0.29, 0.717) is 10.9 Å². The van der Waals surface area contributed by atoms with Gasteiger partial charge in [-0.2, -0.15) is 0 Å². The molecule has 0 unspecified atom stereocenters. The molecule has 0 heterocycles. The minimum absolute atomic E-state index is 0.141. The van der Waals surface area contributed by atoms with Gasteiger partial charge in [0.1, 0.15) is 0 Å². The van der Waals surface area contributed by atoms with E-state index in [9.17, 15) is 4.79 Å². The van der Waals surface area contributed by atoms with Crippen LogP contribution in [0.25, 0.3) is 0 Å². The maximum absolute atomic E-state index is 12.4. The van der Waals surface area contributed by atoms with Gasteiger partial charge in [0, 0.05) is 13.1 Å². The van der Waals surface area contributed by atoms with Gasteiger partial charge < -0.3 is 10.6 Å². The fourth-order valence-electron chi connectivity index (χ4n) is 2.59. The van der Waals surface area contributed by atoms with E-state index in [1.807, 2.05) is 11.8 Å². The summed E-state index contributed by atoms with van der Waals surface area (Å²) >= 11 is 5.09. The molecule has 0 radical (unpaired) electrons. The topological polar surface area (TPSA) is 46.3 Å². The quantitative estimate of drug-likeness (QED) is 0.750. The van der Waals surface area contributed by atoms with E-state index in [1.165, 1.54) is 0 Å². The van der Waals surface area contributed by atoms with E-state index in [1.54, 1.807) is 0 Å². The first kappa shape index (κ1) is 13.4. The average molecular weight is 242 g/mol. The van der Waals surface area contributed by atoms with Crippen molar-refractivity contribution < 1.29 is 4.79 Å². The normalized spacial score (nSPS) is 28.3. The molecule has 0 saturated heterocycles. The lowest BCUT2D eigenvalue weighted by Gasteiger charge is -2.46. The second-order valence-corrected chi connectivity index (χ2v) is 5.28. The summed E-state index contributed by atoms with van der Waals surface area (Å²) in [7, 11) is 0. The third-order valence-electron chi connectivity index (χ3n) is 3.44. The minimum Gasteiger partial charge on any atom is -0.392 e. The molecule has 92 valence electrons. The van der Waals surface area contributed by atoms with Crippen LogP contribution in [0.4, 0.5) is 0 Å². The third kappa shape index (κ3) is 2.21. The van der Waals surface area contributed by atoms with Crippen LogP contribution in [0.5, 0.6) is 0 Å². The zero-order chi connectivity index (χ0) is 12.3. The van der Waals surface area contributed by atoms with Crippen LogP contribution in [-0.2, 0) is 4.79 Å².